The maximum Gasteiger partial charge on any atom is 0.119 e. The van der Waals surface area contributed by atoms with Crippen molar-refractivity contribution in [1.29, 1.82) is 0 Å². The molecule has 1 aromatic carbocycles. The van der Waals surface area contributed by atoms with Gasteiger partial charge in [0.1, 0.15) is 5.75 Å². The third-order valence-corrected chi connectivity index (χ3v) is 3.45. The molecular weight excluding hydrogens is 250 g/mol. The maximum absolute atomic E-state index is 5.83. The van der Waals surface area contributed by atoms with Crippen LogP contribution in [0.2, 0.25) is 0 Å². The van der Waals surface area contributed by atoms with Gasteiger partial charge in [0.2, 0.25) is 0 Å². The van der Waals surface area contributed by atoms with Gasteiger partial charge in [-0.15, -0.1) is 0 Å². The normalized spacial score (nSPS) is 19.2. The van der Waals surface area contributed by atoms with Crippen molar-refractivity contribution in [2.75, 3.05) is 13.2 Å². The summed E-state index contributed by atoms with van der Waals surface area (Å²) in [5.41, 5.74) is 1.39. The Morgan fingerprint density at radius 1 is 1.35 bits per heavy atom. The molecular formula is C17H27NO2. The highest BCUT2D eigenvalue weighted by atomic mass is 16.5. The van der Waals surface area contributed by atoms with Crippen molar-refractivity contribution in [2.24, 2.45) is 0 Å². The largest absolute Gasteiger partial charge is 0.493 e. The molecule has 1 saturated heterocycles. The molecule has 1 aromatic rings. The summed E-state index contributed by atoms with van der Waals surface area (Å²) in [7, 11) is 0. The highest BCUT2D eigenvalue weighted by Crippen LogP contribution is 2.18. The molecule has 1 heterocycles. The molecule has 1 aliphatic rings. The van der Waals surface area contributed by atoms with E-state index in [9.17, 15) is 0 Å². The van der Waals surface area contributed by atoms with Gasteiger partial charge in [-0.1, -0.05) is 12.1 Å². The molecule has 1 unspecified atom stereocenters. The summed E-state index contributed by atoms with van der Waals surface area (Å²) in [6.45, 7) is 9.05. The molecule has 1 fully saturated rings. The average molecular weight is 277 g/mol. The Bertz CT molecular complexity index is 406. The predicted octanol–water partition coefficient (Wildman–Crippen LogP) is 3.52. The first kappa shape index (κ1) is 15.3. The van der Waals surface area contributed by atoms with Gasteiger partial charge in [-0.25, -0.2) is 0 Å². The molecule has 0 bridgehead atoms. The monoisotopic (exact) mass is 277 g/mol. The molecule has 0 aromatic heterocycles. The standard InChI is InChI=1S/C17H27NO2/c1-17(2,3)18-13-14-6-4-7-16(12-14)20-11-9-15-8-5-10-19-15/h4,6-7,12,15,18H,5,8-11,13H2,1-3H3. The van der Waals surface area contributed by atoms with Crippen molar-refractivity contribution >= 4 is 0 Å². The Labute approximate surface area is 122 Å². The van der Waals surface area contributed by atoms with Crippen molar-refractivity contribution < 1.29 is 9.47 Å². The number of rotatable bonds is 6. The van der Waals surface area contributed by atoms with E-state index in [1.54, 1.807) is 0 Å². The van der Waals surface area contributed by atoms with Crippen molar-refractivity contribution in [3.05, 3.63) is 29.8 Å². The zero-order valence-electron chi connectivity index (χ0n) is 12.9. The zero-order chi connectivity index (χ0) is 14.4. The lowest BCUT2D eigenvalue weighted by molar-refractivity contribution is 0.0903. The van der Waals surface area contributed by atoms with Gasteiger partial charge in [0, 0.05) is 25.1 Å². The molecule has 3 nitrogen and oxygen atoms in total. The lowest BCUT2D eigenvalue weighted by Crippen LogP contribution is -2.35. The van der Waals surface area contributed by atoms with E-state index < -0.39 is 0 Å². The fraction of sp³-hybridized carbons (Fsp3) is 0.647. The fourth-order valence-electron chi connectivity index (χ4n) is 2.29. The molecule has 0 aliphatic carbocycles. The van der Waals surface area contributed by atoms with E-state index in [1.807, 2.05) is 6.07 Å². The molecule has 20 heavy (non-hydrogen) atoms. The topological polar surface area (TPSA) is 30.5 Å². The number of hydrogen-bond donors (Lipinski definition) is 1. The Hall–Kier alpha value is -1.06. The van der Waals surface area contributed by atoms with Crippen LogP contribution in [-0.4, -0.2) is 24.9 Å². The number of ether oxygens (including phenoxy) is 2. The van der Waals surface area contributed by atoms with Gasteiger partial charge in [0.15, 0.2) is 0 Å². The van der Waals surface area contributed by atoms with E-state index in [-0.39, 0.29) is 5.54 Å². The second kappa shape index (κ2) is 7.09. The molecule has 0 radical (unpaired) electrons. The smallest absolute Gasteiger partial charge is 0.119 e. The van der Waals surface area contributed by atoms with Crippen LogP contribution < -0.4 is 10.1 Å². The maximum atomic E-state index is 5.83. The average Bonchev–Trinajstić information content (AvgIpc) is 2.89. The first-order valence-corrected chi connectivity index (χ1v) is 7.61. The van der Waals surface area contributed by atoms with Crippen LogP contribution in [0.4, 0.5) is 0 Å². The summed E-state index contributed by atoms with van der Waals surface area (Å²) in [6, 6.07) is 8.33. The van der Waals surface area contributed by atoms with Crippen LogP contribution in [0.3, 0.4) is 0 Å². The highest BCUT2D eigenvalue weighted by molar-refractivity contribution is 5.28. The Morgan fingerprint density at radius 3 is 2.90 bits per heavy atom. The third kappa shape index (κ3) is 5.51. The number of nitrogens with one attached hydrogen (secondary N) is 1. The zero-order valence-corrected chi connectivity index (χ0v) is 12.9. The van der Waals surface area contributed by atoms with Crippen molar-refractivity contribution in [2.45, 2.75) is 58.2 Å². The Morgan fingerprint density at radius 2 is 2.20 bits per heavy atom. The first-order chi connectivity index (χ1) is 9.53. The van der Waals surface area contributed by atoms with Crippen molar-refractivity contribution in [1.82, 2.24) is 5.32 Å². The molecule has 1 atom stereocenters. The van der Waals surface area contributed by atoms with Crippen LogP contribution >= 0.6 is 0 Å². The van der Waals surface area contributed by atoms with Gasteiger partial charge in [-0.05, 0) is 51.3 Å². The summed E-state index contributed by atoms with van der Waals surface area (Å²) in [6.07, 6.45) is 3.77. The summed E-state index contributed by atoms with van der Waals surface area (Å²) >= 11 is 0. The molecule has 0 amide bonds. The van der Waals surface area contributed by atoms with E-state index in [2.05, 4.69) is 44.3 Å². The molecule has 0 saturated carbocycles. The second-order valence-corrected chi connectivity index (χ2v) is 6.52. The Kier molecular flexibility index (Phi) is 5.44. The molecule has 1 aliphatic heterocycles. The van der Waals surface area contributed by atoms with Crippen LogP contribution in [0.25, 0.3) is 0 Å². The summed E-state index contributed by atoms with van der Waals surface area (Å²) in [5, 5.41) is 3.49. The van der Waals surface area contributed by atoms with Crippen molar-refractivity contribution in [3.63, 3.8) is 0 Å². The SMILES string of the molecule is CC(C)(C)NCc1cccc(OCCC2CCCO2)c1. The van der Waals surface area contributed by atoms with Gasteiger partial charge in [-0.3, -0.25) is 0 Å². The minimum atomic E-state index is 0.136. The fourth-order valence-corrected chi connectivity index (χ4v) is 2.29. The van der Waals surface area contributed by atoms with E-state index in [0.29, 0.717) is 6.10 Å². The van der Waals surface area contributed by atoms with Crippen LogP contribution in [0.5, 0.6) is 5.75 Å². The summed E-state index contributed by atoms with van der Waals surface area (Å²) in [5.74, 6) is 0.955. The molecule has 1 N–H and O–H groups in total. The van der Waals surface area contributed by atoms with Gasteiger partial charge in [0.25, 0.3) is 0 Å². The van der Waals surface area contributed by atoms with Crippen molar-refractivity contribution in [3.8, 4) is 5.75 Å². The summed E-state index contributed by atoms with van der Waals surface area (Å²) < 4.78 is 11.4. The van der Waals surface area contributed by atoms with E-state index in [1.165, 1.54) is 18.4 Å². The van der Waals surface area contributed by atoms with E-state index >= 15 is 0 Å². The summed E-state index contributed by atoms with van der Waals surface area (Å²) in [4.78, 5) is 0. The second-order valence-electron chi connectivity index (χ2n) is 6.52. The van der Waals surface area contributed by atoms with Crippen LogP contribution in [0.1, 0.15) is 45.6 Å². The van der Waals surface area contributed by atoms with E-state index in [0.717, 1.165) is 31.9 Å². The van der Waals surface area contributed by atoms with Crippen LogP contribution in [-0.2, 0) is 11.3 Å². The third-order valence-electron chi connectivity index (χ3n) is 3.45. The Balaban J connectivity index is 1.76. The quantitative estimate of drug-likeness (QED) is 0.863. The van der Waals surface area contributed by atoms with Crippen LogP contribution in [0.15, 0.2) is 24.3 Å². The molecule has 112 valence electrons. The lowest BCUT2D eigenvalue weighted by Gasteiger charge is -2.20. The van der Waals surface area contributed by atoms with Gasteiger partial charge in [0.05, 0.1) is 12.7 Å². The first-order valence-electron chi connectivity index (χ1n) is 7.61. The highest BCUT2D eigenvalue weighted by Gasteiger charge is 2.15. The minimum Gasteiger partial charge on any atom is -0.493 e. The van der Waals surface area contributed by atoms with Gasteiger partial charge in [-0.2, -0.15) is 0 Å². The van der Waals surface area contributed by atoms with Gasteiger partial charge >= 0.3 is 0 Å². The van der Waals surface area contributed by atoms with Crippen LogP contribution in [0, 0.1) is 0 Å². The van der Waals surface area contributed by atoms with E-state index in [4.69, 9.17) is 9.47 Å². The predicted molar refractivity (Wildman–Crippen MR) is 82.1 cm³/mol. The number of benzene rings is 1. The minimum absolute atomic E-state index is 0.136. The lowest BCUT2D eigenvalue weighted by atomic mass is 10.1. The number of hydrogen-bond acceptors (Lipinski definition) is 3. The molecule has 3 heteroatoms. The molecule has 2 rings (SSSR count). The van der Waals surface area contributed by atoms with Gasteiger partial charge < -0.3 is 14.8 Å². The molecule has 0 spiro atoms.